The van der Waals surface area contributed by atoms with Crippen molar-refractivity contribution in [2.45, 2.75) is 33.7 Å². The molecule has 0 atom stereocenters. The number of ether oxygens (including phenoxy) is 2. The fraction of sp³-hybridized carbons (Fsp3) is 0.600. The fourth-order valence-electron chi connectivity index (χ4n) is 2.07. The number of nitrogens with zero attached hydrogens (tertiary/aromatic N) is 1. The number of hydrogen-bond acceptors (Lipinski definition) is 6. The van der Waals surface area contributed by atoms with Crippen LogP contribution in [0.3, 0.4) is 0 Å². The van der Waals surface area contributed by atoms with E-state index in [1.165, 1.54) is 7.11 Å². The van der Waals surface area contributed by atoms with Gasteiger partial charge >= 0.3 is 11.9 Å². The van der Waals surface area contributed by atoms with E-state index in [2.05, 4.69) is 0 Å². The molecule has 6 nitrogen and oxygen atoms in total. The van der Waals surface area contributed by atoms with Crippen LogP contribution in [0.1, 0.15) is 42.1 Å². The summed E-state index contributed by atoms with van der Waals surface area (Å²) in [7, 11) is 1.33. The van der Waals surface area contributed by atoms with Gasteiger partial charge in [-0.2, -0.15) is 0 Å². The van der Waals surface area contributed by atoms with Crippen LogP contribution < -0.4 is 0 Å². The van der Waals surface area contributed by atoms with E-state index in [4.69, 9.17) is 13.9 Å². The highest BCUT2D eigenvalue weighted by Crippen LogP contribution is 2.17. The Kier molecular flexibility index (Phi) is 6.94. The Morgan fingerprint density at radius 3 is 2.62 bits per heavy atom. The van der Waals surface area contributed by atoms with Crippen LogP contribution in [0, 0.1) is 6.92 Å². The molecule has 0 aliphatic carbocycles. The molecule has 0 spiro atoms. The molecular weight excluding hydrogens is 274 g/mol. The van der Waals surface area contributed by atoms with Gasteiger partial charge in [0.1, 0.15) is 17.1 Å². The minimum atomic E-state index is -0.421. The van der Waals surface area contributed by atoms with Crippen molar-refractivity contribution in [3.8, 4) is 0 Å². The Morgan fingerprint density at radius 2 is 2.05 bits per heavy atom. The number of hydrogen-bond donors (Lipinski definition) is 0. The lowest BCUT2D eigenvalue weighted by atomic mass is 10.2. The van der Waals surface area contributed by atoms with Crippen LogP contribution in [0.4, 0.5) is 0 Å². The van der Waals surface area contributed by atoms with Crippen molar-refractivity contribution < 1.29 is 23.5 Å². The highest BCUT2D eigenvalue weighted by atomic mass is 16.5. The summed E-state index contributed by atoms with van der Waals surface area (Å²) in [5.74, 6) is 0.465. The summed E-state index contributed by atoms with van der Waals surface area (Å²) in [5, 5.41) is 0. The zero-order chi connectivity index (χ0) is 15.8. The Bertz CT molecular complexity index is 480. The Balaban J connectivity index is 2.74. The van der Waals surface area contributed by atoms with Gasteiger partial charge in [0.2, 0.25) is 0 Å². The lowest BCUT2D eigenvalue weighted by molar-refractivity contribution is -0.144. The molecule has 1 rings (SSSR count). The van der Waals surface area contributed by atoms with Crippen molar-refractivity contribution >= 4 is 11.9 Å². The van der Waals surface area contributed by atoms with Gasteiger partial charge in [-0.05, 0) is 32.9 Å². The number of methoxy groups -OCH3 is 1. The van der Waals surface area contributed by atoms with Crippen LogP contribution in [0.15, 0.2) is 10.5 Å². The molecule has 0 fully saturated rings. The molecule has 118 valence electrons. The number of rotatable bonds is 8. The third-order valence-corrected chi connectivity index (χ3v) is 2.95. The SMILES string of the molecule is CCCN(CC(=O)OCC)Cc1cc(C(=O)OC)c(C)o1. The molecule has 6 heteroatoms. The molecule has 0 aromatic carbocycles. The van der Waals surface area contributed by atoms with Crippen molar-refractivity contribution in [3.63, 3.8) is 0 Å². The molecule has 1 aromatic rings. The van der Waals surface area contributed by atoms with E-state index in [9.17, 15) is 9.59 Å². The molecule has 1 heterocycles. The molecule has 0 unspecified atom stereocenters. The van der Waals surface area contributed by atoms with Gasteiger partial charge in [0.25, 0.3) is 0 Å². The molecule has 0 amide bonds. The zero-order valence-corrected chi connectivity index (χ0v) is 13.1. The van der Waals surface area contributed by atoms with E-state index in [1.807, 2.05) is 11.8 Å². The number of furan rings is 1. The first-order chi connectivity index (χ1) is 10.0. The minimum Gasteiger partial charge on any atom is -0.465 e. The summed E-state index contributed by atoms with van der Waals surface area (Å²) >= 11 is 0. The molecule has 0 saturated carbocycles. The van der Waals surface area contributed by atoms with Crippen molar-refractivity contribution in [3.05, 3.63) is 23.2 Å². The van der Waals surface area contributed by atoms with Crippen molar-refractivity contribution in [1.82, 2.24) is 4.90 Å². The smallest absolute Gasteiger partial charge is 0.341 e. The predicted octanol–water partition coefficient (Wildman–Crippen LogP) is 2.15. The van der Waals surface area contributed by atoms with E-state index in [1.54, 1.807) is 19.9 Å². The average Bonchev–Trinajstić information content (AvgIpc) is 2.79. The van der Waals surface area contributed by atoms with Crippen LogP contribution in [0.2, 0.25) is 0 Å². The second-order valence-corrected chi connectivity index (χ2v) is 4.69. The average molecular weight is 297 g/mol. The van der Waals surface area contributed by atoms with E-state index >= 15 is 0 Å². The Morgan fingerprint density at radius 1 is 1.33 bits per heavy atom. The Hall–Kier alpha value is -1.82. The summed E-state index contributed by atoms with van der Waals surface area (Å²) in [6.45, 7) is 7.29. The van der Waals surface area contributed by atoms with Crippen molar-refractivity contribution in [2.24, 2.45) is 0 Å². The van der Waals surface area contributed by atoms with Gasteiger partial charge in [-0.15, -0.1) is 0 Å². The molecule has 0 aliphatic rings. The van der Waals surface area contributed by atoms with E-state index in [0.717, 1.165) is 13.0 Å². The zero-order valence-electron chi connectivity index (χ0n) is 13.1. The van der Waals surface area contributed by atoms with Gasteiger partial charge in [0.05, 0.1) is 26.8 Å². The van der Waals surface area contributed by atoms with Crippen LogP contribution in [-0.2, 0) is 20.8 Å². The number of aryl methyl sites for hydroxylation is 1. The third-order valence-electron chi connectivity index (χ3n) is 2.95. The van der Waals surface area contributed by atoms with Crippen LogP contribution in [0.25, 0.3) is 0 Å². The highest BCUT2D eigenvalue weighted by Gasteiger charge is 2.18. The lowest BCUT2D eigenvalue weighted by Crippen LogP contribution is -2.31. The minimum absolute atomic E-state index is 0.203. The second-order valence-electron chi connectivity index (χ2n) is 4.69. The molecule has 0 saturated heterocycles. The fourth-order valence-corrected chi connectivity index (χ4v) is 2.07. The third kappa shape index (κ3) is 5.23. The molecular formula is C15H23NO5. The van der Waals surface area contributed by atoms with Crippen LogP contribution in [0.5, 0.6) is 0 Å². The highest BCUT2D eigenvalue weighted by molar-refractivity contribution is 5.90. The molecule has 21 heavy (non-hydrogen) atoms. The summed E-state index contributed by atoms with van der Waals surface area (Å²) in [4.78, 5) is 25.1. The van der Waals surface area contributed by atoms with Gasteiger partial charge in [0.15, 0.2) is 0 Å². The first-order valence-electron chi connectivity index (χ1n) is 7.07. The van der Waals surface area contributed by atoms with Gasteiger partial charge in [-0.25, -0.2) is 4.79 Å². The maximum atomic E-state index is 11.6. The molecule has 0 bridgehead atoms. The molecule has 0 aliphatic heterocycles. The van der Waals surface area contributed by atoms with Crippen molar-refractivity contribution in [1.29, 1.82) is 0 Å². The predicted molar refractivity (Wildman–Crippen MR) is 77.0 cm³/mol. The topological polar surface area (TPSA) is 69.0 Å². The van der Waals surface area contributed by atoms with Gasteiger partial charge in [-0.1, -0.05) is 6.92 Å². The standard InChI is InChI=1S/C15H23NO5/c1-5-7-16(10-14(17)20-6-2)9-12-8-13(11(3)21-12)15(18)19-4/h8H,5-7,9-10H2,1-4H3. The summed E-state index contributed by atoms with van der Waals surface area (Å²) in [6.07, 6.45) is 0.906. The molecule has 0 radical (unpaired) electrons. The van der Waals surface area contributed by atoms with Gasteiger partial charge in [-0.3, -0.25) is 9.69 Å². The van der Waals surface area contributed by atoms with Gasteiger partial charge in [0, 0.05) is 0 Å². The number of carbonyl (C=O) groups excluding carboxylic acids is 2. The Labute approximate surface area is 125 Å². The maximum absolute atomic E-state index is 11.6. The largest absolute Gasteiger partial charge is 0.465 e. The summed E-state index contributed by atoms with van der Waals surface area (Å²) < 4.78 is 15.2. The lowest BCUT2D eigenvalue weighted by Gasteiger charge is -2.19. The first-order valence-corrected chi connectivity index (χ1v) is 7.07. The van der Waals surface area contributed by atoms with E-state index in [0.29, 0.717) is 30.2 Å². The summed E-state index contributed by atoms with van der Waals surface area (Å²) in [6, 6.07) is 1.66. The molecule has 0 N–H and O–H groups in total. The maximum Gasteiger partial charge on any atom is 0.341 e. The van der Waals surface area contributed by atoms with Crippen molar-refractivity contribution in [2.75, 3.05) is 26.8 Å². The monoisotopic (exact) mass is 297 g/mol. The van der Waals surface area contributed by atoms with Crippen LogP contribution >= 0.6 is 0 Å². The second kappa shape index (κ2) is 8.46. The van der Waals surface area contributed by atoms with E-state index in [-0.39, 0.29) is 12.5 Å². The normalized spacial score (nSPS) is 10.7. The quantitative estimate of drug-likeness (QED) is 0.685. The van der Waals surface area contributed by atoms with E-state index < -0.39 is 5.97 Å². The first kappa shape index (κ1) is 17.2. The number of carbonyl (C=O) groups is 2. The summed E-state index contributed by atoms with van der Waals surface area (Å²) in [5.41, 5.74) is 0.417. The molecule has 1 aromatic heterocycles. The number of esters is 2. The van der Waals surface area contributed by atoms with Gasteiger partial charge < -0.3 is 13.9 Å². The van der Waals surface area contributed by atoms with Crippen LogP contribution in [-0.4, -0.2) is 43.6 Å².